The van der Waals surface area contributed by atoms with Crippen molar-refractivity contribution in [1.29, 1.82) is 0 Å². The number of hydrogen-bond donors (Lipinski definition) is 1. The van der Waals surface area contributed by atoms with Crippen LogP contribution < -0.4 is 0 Å². The SMILES string of the molecule is CC(=O)N1CCc2cc(O)ccc2C1C. The molecule has 0 radical (unpaired) electrons. The van der Waals surface area contributed by atoms with Crippen LogP contribution >= 0.6 is 0 Å². The zero-order chi connectivity index (χ0) is 11.0. The number of carbonyl (C=O) groups excluding carboxylic acids is 1. The number of phenols is 1. The van der Waals surface area contributed by atoms with Crippen molar-refractivity contribution < 1.29 is 9.90 Å². The fourth-order valence-corrected chi connectivity index (χ4v) is 2.25. The van der Waals surface area contributed by atoms with Crippen molar-refractivity contribution in [2.45, 2.75) is 26.3 Å². The van der Waals surface area contributed by atoms with Crippen LogP contribution in [0, 0.1) is 0 Å². The largest absolute Gasteiger partial charge is 0.508 e. The molecule has 15 heavy (non-hydrogen) atoms. The Morgan fingerprint density at radius 3 is 2.93 bits per heavy atom. The van der Waals surface area contributed by atoms with E-state index >= 15 is 0 Å². The molecule has 1 aliphatic heterocycles. The molecular weight excluding hydrogens is 190 g/mol. The molecule has 1 N–H and O–H groups in total. The van der Waals surface area contributed by atoms with Crippen molar-refractivity contribution in [3.05, 3.63) is 29.3 Å². The van der Waals surface area contributed by atoms with Crippen LogP contribution in [-0.4, -0.2) is 22.5 Å². The Balaban J connectivity index is 2.38. The van der Waals surface area contributed by atoms with Crippen LogP contribution in [0.15, 0.2) is 18.2 Å². The van der Waals surface area contributed by atoms with Crippen molar-refractivity contribution in [3.8, 4) is 5.75 Å². The van der Waals surface area contributed by atoms with E-state index in [4.69, 9.17) is 0 Å². The summed E-state index contributed by atoms with van der Waals surface area (Å²) in [7, 11) is 0. The van der Waals surface area contributed by atoms with E-state index in [0.717, 1.165) is 24.1 Å². The van der Waals surface area contributed by atoms with E-state index in [-0.39, 0.29) is 11.9 Å². The van der Waals surface area contributed by atoms with Crippen LogP contribution in [0.4, 0.5) is 0 Å². The fourth-order valence-electron chi connectivity index (χ4n) is 2.25. The van der Waals surface area contributed by atoms with Crippen LogP contribution in [0.3, 0.4) is 0 Å². The van der Waals surface area contributed by atoms with Gasteiger partial charge < -0.3 is 10.0 Å². The van der Waals surface area contributed by atoms with Crippen molar-refractivity contribution in [2.24, 2.45) is 0 Å². The summed E-state index contributed by atoms with van der Waals surface area (Å²) in [5, 5.41) is 9.37. The van der Waals surface area contributed by atoms with Gasteiger partial charge in [0.15, 0.2) is 0 Å². The maximum atomic E-state index is 11.4. The normalized spacial score (nSPS) is 19.9. The lowest BCUT2D eigenvalue weighted by molar-refractivity contribution is -0.131. The summed E-state index contributed by atoms with van der Waals surface area (Å²) < 4.78 is 0. The molecule has 1 aromatic carbocycles. The Morgan fingerprint density at radius 2 is 2.27 bits per heavy atom. The molecule has 0 fully saturated rings. The third-order valence-corrected chi connectivity index (χ3v) is 3.07. The average Bonchev–Trinajstić information content (AvgIpc) is 2.17. The predicted molar refractivity (Wildman–Crippen MR) is 57.6 cm³/mol. The second-order valence-electron chi connectivity index (χ2n) is 4.02. The molecular formula is C12H15NO2. The number of fused-ring (bicyclic) bond motifs is 1. The summed E-state index contributed by atoms with van der Waals surface area (Å²) in [6.45, 7) is 4.37. The highest BCUT2D eigenvalue weighted by Crippen LogP contribution is 2.31. The van der Waals surface area contributed by atoms with Gasteiger partial charge in [0.2, 0.25) is 5.91 Å². The van der Waals surface area contributed by atoms with E-state index in [1.807, 2.05) is 17.9 Å². The van der Waals surface area contributed by atoms with Crippen LogP contribution in [0.1, 0.15) is 31.0 Å². The maximum Gasteiger partial charge on any atom is 0.219 e. The average molecular weight is 205 g/mol. The zero-order valence-corrected chi connectivity index (χ0v) is 9.03. The molecule has 1 amide bonds. The number of phenolic OH excluding ortho intramolecular Hbond substituents is 1. The molecule has 1 aromatic rings. The number of rotatable bonds is 0. The standard InChI is InChI=1S/C12H15NO2/c1-8-12-4-3-11(15)7-10(12)5-6-13(8)9(2)14/h3-4,7-8,15H,5-6H2,1-2H3. The molecule has 80 valence electrons. The Labute approximate surface area is 89.3 Å². The highest BCUT2D eigenvalue weighted by molar-refractivity contribution is 5.74. The summed E-state index contributed by atoms with van der Waals surface area (Å²) in [6.07, 6.45) is 0.827. The van der Waals surface area contributed by atoms with Crippen molar-refractivity contribution in [2.75, 3.05) is 6.54 Å². The minimum absolute atomic E-state index is 0.112. The van der Waals surface area contributed by atoms with Gasteiger partial charge in [-0.1, -0.05) is 6.07 Å². The molecule has 0 bridgehead atoms. The van der Waals surface area contributed by atoms with Gasteiger partial charge >= 0.3 is 0 Å². The molecule has 1 heterocycles. The zero-order valence-electron chi connectivity index (χ0n) is 9.03. The predicted octanol–water partition coefficient (Wildman–Crippen LogP) is 1.86. The molecule has 1 unspecified atom stereocenters. The first-order valence-corrected chi connectivity index (χ1v) is 5.18. The lowest BCUT2D eigenvalue weighted by atomic mass is 9.93. The van der Waals surface area contributed by atoms with Crippen LogP contribution in [0.25, 0.3) is 0 Å². The highest BCUT2D eigenvalue weighted by Gasteiger charge is 2.25. The van der Waals surface area contributed by atoms with Gasteiger partial charge in [0.25, 0.3) is 0 Å². The van der Waals surface area contributed by atoms with Gasteiger partial charge in [-0.3, -0.25) is 4.79 Å². The molecule has 0 aromatic heterocycles. The van der Waals surface area contributed by atoms with E-state index in [1.54, 1.807) is 19.1 Å². The third-order valence-electron chi connectivity index (χ3n) is 3.07. The van der Waals surface area contributed by atoms with Crippen molar-refractivity contribution in [3.63, 3.8) is 0 Å². The quantitative estimate of drug-likeness (QED) is 0.702. The molecule has 3 heteroatoms. The number of carbonyl (C=O) groups is 1. The highest BCUT2D eigenvalue weighted by atomic mass is 16.3. The van der Waals surface area contributed by atoms with Crippen LogP contribution in [-0.2, 0) is 11.2 Å². The molecule has 0 saturated carbocycles. The Bertz CT molecular complexity index is 401. The second-order valence-corrected chi connectivity index (χ2v) is 4.02. The van der Waals surface area contributed by atoms with Gasteiger partial charge in [0.1, 0.15) is 5.75 Å². The lowest BCUT2D eigenvalue weighted by Crippen LogP contribution is -2.37. The molecule has 1 aliphatic rings. The maximum absolute atomic E-state index is 11.4. The topological polar surface area (TPSA) is 40.5 Å². The van der Waals surface area contributed by atoms with Gasteiger partial charge in [0, 0.05) is 13.5 Å². The fraction of sp³-hybridized carbons (Fsp3) is 0.417. The number of aromatic hydroxyl groups is 1. The van der Waals surface area contributed by atoms with E-state index in [1.165, 1.54) is 0 Å². The molecule has 3 nitrogen and oxygen atoms in total. The summed E-state index contributed by atoms with van der Waals surface area (Å²) in [4.78, 5) is 13.2. The number of amides is 1. The van der Waals surface area contributed by atoms with Crippen LogP contribution in [0.5, 0.6) is 5.75 Å². The van der Waals surface area contributed by atoms with Crippen molar-refractivity contribution >= 4 is 5.91 Å². The Morgan fingerprint density at radius 1 is 1.53 bits per heavy atom. The first-order chi connectivity index (χ1) is 7.09. The third kappa shape index (κ3) is 1.69. The van der Waals surface area contributed by atoms with E-state index < -0.39 is 0 Å². The number of hydrogen-bond acceptors (Lipinski definition) is 2. The first-order valence-electron chi connectivity index (χ1n) is 5.18. The molecule has 1 atom stereocenters. The first kappa shape index (κ1) is 10.0. The smallest absolute Gasteiger partial charge is 0.219 e. The summed E-state index contributed by atoms with van der Waals surface area (Å²) >= 11 is 0. The lowest BCUT2D eigenvalue weighted by Gasteiger charge is -2.34. The summed E-state index contributed by atoms with van der Waals surface area (Å²) in [5.74, 6) is 0.415. The Hall–Kier alpha value is -1.51. The summed E-state index contributed by atoms with van der Waals surface area (Å²) in [6, 6.07) is 5.50. The van der Waals surface area contributed by atoms with E-state index in [2.05, 4.69) is 0 Å². The summed E-state index contributed by atoms with van der Waals surface area (Å²) in [5.41, 5.74) is 2.30. The molecule has 2 rings (SSSR count). The number of nitrogens with zero attached hydrogens (tertiary/aromatic N) is 1. The molecule has 0 spiro atoms. The van der Waals surface area contributed by atoms with Crippen LogP contribution in [0.2, 0.25) is 0 Å². The van der Waals surface area contributed by atoms with Gasteiger partial charge in [-0.05, 0) is 36.6 Å². The minimum Gasteiger partial charge on any atom is -0.508 e. The van der Waals surface area contributed by atoms with Crippen molar-refractivity contribution in [1.82, 2.24) is 4.90 Å². The second kappa shape index (κ2) is 3.57. The van der Waals surface area contributed by atoms with Gasteiger partial charge in [-0.25, -0.2) is 0 Å². The van der Waals surface area contributed by atoms with Gasteiger partial charge in [0.05, 0.1) is 6.04 Å². The van der Waals surface area contributed by atoms with Gasteiger partial charge in [-0.2, -0.15) is 0 Å². The monoisotopic (exact) mass is 205 g/mol. The van der Waals surface area contributed by atoms with Gasteiger partial charge in [-0.15, -0.1) is 0 Å². The molecule has 0 saturated heterocycles. The molecule has 0 aliphatic carbocycles. The Kier molecular flexibility index (Phi) is 2.39. The number of benzene rings is 1. The van der Waals surface area contributed by atoms with E-state index in [0.29, 0.717) is 5.75 Å². The van der Waals surface area contributed by atoms with E-state index in [9.17, 15) is 9.90 Å². The minimum atomic E-state index is 0.112.